The number of nitrogens with zero attached hydrogens (tertiary/aromatic N) is 2. The largest absolute Gasteiger partial charge is 0.306 e. The number of rotatable bonds is 3. The van der Waals surface area contributed by atoms with Crippen molar-refractivity contribution >= 4 is 11.3 Å². The molecule has 2 heterocycles. The van der Waals surface area contributed by atoms with Crippen LogP contribution in [0.3, 0.4) is 0 Å². The fraction of sp³-hybridized carbons (Fsp3) is 0.800. The van der Waals surface area contributed by atoms with Crippen molar-refractivity contribution < 1.29 is 0 Å². The normalized spacial score (nSPS) is 20.7. The van der Waals surface area contributed by atoms with Crippen LogP contribution in [0.25, 0.3) is 0 Å². The maximum Gasteiger partial charge on any atom is 0.113 e. The molecule has 19 heavy (non-hydrogen) atoms. The molecule has 0 bridgehead atoms. The van der Waals surface area contributed by atoms with Gasteiger partial charge in [0.25, 0.3) is 0 Å². The van der Waals surface area contributed by atoms with Gasteiger partial charge < -0.3 is 10.2 Å². The van der Waals surface area contributed by atoms with Crippen molar-refractivity contribution in [1.29, 1.82) is 0 Å². The van der Waals surface area contributed by atoms with Crippen LogP contribution in [0.2, 0.25) is 0 Å². The summed E-state index contributed by atoms with van der Waals surface area (Å²) < 4.78 is 0. The average molecular weight is 281 g/mol. The molecule has 0 unspecified atom stereocenters. The number of hydrogen-bond donors (Lipinski definition) is 1. The second kappa shape index (κ2) is 5.51. The van der Waals surface area contributed by atoms with Gasteiger partial charge in [-0.3, -0.25) is 0 Å². The van der Waals surface area contributed by atoms with E-state index in [-0.39, 0.29) is 11.0 Å². The Hall–Kier alpha value is -0.450. The maximum atomic E-state index is 4.96. The molecule has 0 atom stereocenters. The van der Waals surface area contributed by atoms with Crippen molar-refractivity contribution in [1.82, 2.24) is 15.2 Å². The minimum absolute atomic E-state index is 0.107. The highest BCUT2D eigenvalue weighted by Gasteiger charge is 2.37. The second-order valence-corrected chi connectivity index (χ2v) is 7.56. The van der Waals surface area contributed by atoms with Crippen LogP contribution < -0.4 is 5.32 Å². The molecule has 4 heteroatoms. The first kappa shape index (κ1) is 14.9. The number of thiazole rings is 1. The third-order valence-electron chi connectivity index (χ3n) is 4.04. The van der Waals surface area contributed by atoms with Crippen LogP contribution in [-0.4, -0.2) is 36.6 Å². The van der Waals surface area contributed by atoms with Crippen LogP contribution >= 0.6 is 11.3 Å². The summed E-state index contributed by atoms with van der Waals surface area (Å²) in [6.07, 6.45) is 2.32. The van der Waals surface area contributed by atoms with Gasteiger partial charge in [-0.1, -0.05) is 27.7 Å². The molecule has 0 radical (unpaired) electrons. The maximum absolute atomic E-state index is 4.96. The Balaban J connectivity index is 2.26. The summed E-state index contributed by atoms with van der Waals surface area (Å²) in [5.41, 5.74) is 1.48. The zero-order chi connectivity index (χ0) is 14.1. The first-order valence-corrected chi connectivity index (χ1v) is 8.15. The van der Waals surface area contributed by atoms with Crippen LogP contribution in [0.15, 0.2) is 5.38 Å². The van der Waals surface area contributed by atoms with Gasteiger partial charge in [-0.2, -0.15) is 0 Å². The zero-order valence-electron chi connectivity index (χ0n) is 12.9. The van der Waals surface area contributed by atoms with E-state index in [1.165, 1.54) is 10.7 Å². The van der Waals surface area contributed by atoms with Crippen molar-refractivity contribution in [2.24, 2.45) is 0 Å². The van der Waals surface area contributed by atoms with E-state index >= 15 is 0 Å². The predicted octanol–water partition coefficient (Wildman–Crippen LogP) is 2.97. The van der Waals surface area contributed by atoms with Gasteiger partial charge in [0, 0.05) is 23.9 Å². The van der Waals surface area contributed by atoms with Crippen LogP contribution in [0, 0.1) is 0 Å². The summed E-state index contributed by atoms with van der Waals surface area (Å²) in [5, 5.41) is 7.25. The lowest BCUT2D eigenvalue weighted by Gasteiger charge is -2.40. The minimum atomic E-state index is 0.107. The van der Waals surface area contributed by atoms with Gasteiger partial charge in [-0.05, 0) is 26.4 Å². The predicted molar refractivity (Wildman–Crippen MR) is 82.9 cm³/mol. The average Bonchev–Trinajstić information content (AvgIpc) is 2.82. The second-order valence-electron chi connectivity index (χ2n) is 6.70. The topological polar surface area (TPSA) is 28.2 Å². The number of hydrogen-bond acceptors (Lipinski definition) is 4. The molecule has 3 nitrogen and oxygen atoms in total. The van der Waals surface area contributed by atoms with Gasteiger partial charge in [-0.15, -0.1) is 11.3 Å². The zero-order valence-corrected chi connectivity index (χ0v) is 13.7. The van der Waals surface area contributed by atoms with Gasteiger partial charge in [0.05, 0.1) is 11.2 Å². The smallest absolute Gasteiger partial charge is 0.113 e. The number of aromatic nitrogens is 1. The standard InChI is InChI=1S/C15H27N3S/c1-6-16-15(7-9-18(5)10-8-15)13-17-12(11-19-13)14(2,3)4/h11,16H,6-10H2,1-5H3. The Kier molecular flexibility index (Phi) is 4.33. The highest BCUT2D eigenvalue weighted by molar-refractivity contribution is 7.09. The van der Waals surface area contributed by atoms with E-state index in [9.17, 15) is 0 Å². The Bertz CT molecular complexity index is 411. The monoisotopic (exact) mass is 281 g/mol. The molecular weight excluding hydrogens is 254 g/mol. The van der Waals surface area contributed by atoms with Crippen LogP contribution in [-0.2, 0) is 11.0 Å². The molecule has 0 saturated carbocycles. The summed E-state index contributed by atoms with van der Waals surface area (Å²) in [6.45, 7) is 12.2. The van der Waals surface area contributed by atoms with Crippen molar-refractivity contribution in [3.05, 3.63) is 16.1 Å². The Morgan fingerprint density at radius 1 is 1.37 bits per heavy atom. The lowest BCUT2D eigenvalue weighted by atomic mass is 9.87. The van der Waals surface area contributed by atoms with Crippen LogP contribution in [0.4, 0.5) is 0 Å². The Morgan fingerprint density at radius 3 is 2.47 bits per heavy atom. The molecule has 0 aliphatic carbocycles. The molecular formula is C15H27N3S. The summed E-state index contributed by atoms with van der Waals surface area (Å²) in [5.74, 6) is 0. The first-order chi connectivity index (χ1) is 8.87. The molecule has 1 N–H and O–H groups in total. The van der Waals surface area contributed by atoms with E-state index in [2.05, 4.69) is 50.3 Å². The molecule has 0 spiro atoms. The highest BCUT2D eigenvalue weighted by Crippen LogP contribution is 2.36. The lowest BCUT2D eigenvalue weighted by molar-refractivity contribution is 0.158. The summed E-state index contributed by atoms with van der Waals surface area (Å²) in [6, 6.07) is 0. The van der Waals surface area contributed by atoms with Crippen molar-refractivity contribution in [3.8, 4) is 0 Å². The van der Waals surface area contributed by atoms with Crippen LogP contribution in [0.5, 0.6) is 0 Å². The molecule has 1 aromatic heterocycles. The quantitative estimate of drug-likeness (QED) is 0.923. The van der Waals surface area contributed by atoms with Gasteiger partial charge in [0.15, 0.2) is 0 Å². The Labute approximate surface area is 121 Å². The number of nitrogens with one attached hydrogen (secondary N) is 1. The van der Waals surface area contributed by atoms with Crippen molar-refractivity contribution in [2.45, 2.75) is 51.5 Å². The molecule has 1 saturated heterocycles. The number of likely N-dealkylation sites (tertiary alicyclic amines) is 1. The van der Waals surface area contributed by atoms with E-state index in [1.54, 1.807) is 0 Å². The van der Waals surface area contributed by atoms with E-state index in [0.717, 1.165) is 32.5 Å². The van der Waals surface area contributed by atoms with Crippen molar-refractivity contribution in [3.63, 3.8) is 0 Å². The summed E-state index contributed by atoms with van der Waals surface area (Å²) in [4.78, 5) is 7.37. The fourth-order valence-electron chi connectivity index (χ4n) is 2.64. The van der Waals surface area contributed by atoms with Gasteiger partial charge in [0.1, 0.15) is 5.01 Å². The minimum Gasteiger partial charge on any atom is -0.306 e. The summed E-state index contributed by atoms with van der Waals surface area (Å²) >= 11 is 1.83. The molecule has 1 aromatic rings. The van der Waals surface area contributed by atoms with Gasteiger partial charge in [0.2, 0.25) is 0 Å². The van der Waals surface area contributed by atoms with Gasteiger partial charge in [-0.25, -0.2) is 4.98 Å². The molecule has 1 aliphatic rings. The third kappa shape index (κ3) is 3.18. The highest BCUT2D eigenvalue weighted by atomic mass is 32.1. The lowest BCUT2D eigenvalue weighted by Crippen LogP contribution is -2.50. The first-order valence-electron chi connectivity index (χ1n) is 7.27. The van der Waals surface area contributed by atoms with E-state index < -0.39 is 0 Å². The van der Waals surface area contributed by atoms with E-state index in [0.29, 0.717) is 0 Å². The molecule has 0 aromatic carbocycles. The molecule has 1 aliphatic heterocycles. The summed E-state index contributed by atoms with van der Waals surface area (Å²) in [7, 11) is 2.21. The van der Waals surface area contributed by atoms with Crippen LogP contribution in [0.1, 0.15) is 51.2 Å². The van der Waals surface area contributed by atoms with E-state index in [4.69, 9.17) is 4.98 Å². The molecule has 0 amide bonds. The number of piperidine rings is 1. The Morgan fingerprint density at radius 2 is 2.00 bits per heavy atom. The fourth-order valence-corrected chi connectivity index (χ4v) is 3.93. The van der Waals surface area contributed by atoms with E-state index in [1.807, 2.05) is 11.3 Å². The SMILES string of the molecule is CCNC1(c2nc(C(C)(C)C)cs2)CCN(C)CC1. The van der Waals surface area contributed by atoms with Gasteiger partial charge >= 0.3 is 0 Å². The molecule has 1 fully saturated rings. The molecule has 2 rings (SSSR count). The van der Waals surface area contributed by atoms with Crippen molar-refractivity contribution in [2.75, 3.05) is 26.7 Å². The third-order valence-corrected chi connectivity index (χ3v) is 5.08. The molecule has 108 valence electrons.